The first-order valence-electron chi connectivity index (χ1n) is 13.3. The van der Waals surface area contributed by atoms with Gasteiger partial charge in [0.15, 0.2) is 5.78 Å². The molecule has 4 aliphatic carbocycles. The Labute approximate surface area is 204 Å². The Morgan fingerprint density at radius 1 is 1.15 bits per heavy atom. The average molecular weight is 475 g/mol. The van der Waals surface area contributed by atoms with Crippen molar-refractivity contribution in [1.29, 1.82) is 0 Å². The number of methoxy groups -OCH3 is 1. The van der Waals surface area contributed by atoms with E-state index in [0.29, 0.717) is 48.4 Å². The fourth-order valence-electron chi connectivity index (χ4n) is 8.26. The van der Waals surface area contributed by atoms with Crippen molar-refractivity contribution in [3.8, 4) is 0 Å². The molecule has 0 heterocycles. The predicted octanol–water partition coefficient (Wildman–Crippen LogP) is 5.88. The van der Waals surface area contributed by atoms with Crippen molar-refractivity contribution in [2.24, 2.45) is 40.4 Å². The molecule has 0 spiro atoms. The Bertz CT molecular complexity index is 848. The summed E-state index contributed by atoms with van der Waals surface area (Å²) in [5, 5.41) is 0. The lowest BCUT2D eigenvalue weighted by molar-refractivity contribution is -0.141. The van der Waals surface area contributed by atoms with E-state index in [1.54, 1.807) is 6.92 Å². The number of rotatable bonds is 6. The van der Waals surface area contributed by atoms with Gasteiger partial charge in [0.2, 0.25) is 0 Å². The molecular formula is C28H42O6. The molecule has 0 aromatic carbocycles. The summed E-state index contributed by atoms with van der Waals surface area (Å²) in [7, 11) is 1.43. The van der Waals surface area contributed by atoms with Crippen molar-refractivity contribution in [2.75, 3.05) is 13.7 Å². The van der Waals surface area contributed by atoms with Gasteiger partial charge in [-0.2, -0.15) is 0 Å². The first-order chi connectivity index (χ1) is 16.1. The van der Waals surface area contributed by atoms with Gasteiger partial charge in [-0.3, -0.25) is 9.59 Å². The zero-order chi connectivity index (χ0) is 24.7. The molecule has 3 saturated carbocycles. The summed E-state index contributed by atoms with van der Waals surface area (Å²) in [6.45, 7) is 8.87. The number of carbonyl (C=O) groups excluding carboxylic acids is 3. The van der Waals surface area contributed by atoms with E-state index in [4.69, 9.17) is 14.2 Å². The lowest BCUT2D eigenvalue weighted by Crippen LogP contribution is -2.52. The molecule has 4 rings (SSSR count). The molecule has 3 fully saturated rings. The highest BCUT2D eigenvalue weighted by Crippen LogP contribution is 2.65. The van der Waals surface area contributed by atoms with Gasteiger partial charge in [0, 0.05) is 11.8 Å². The third-order valence-corrected chi connectivity index (χ3v) is 10.2. The molecule has 0 radical (unpaired) electrons. The van der Waals surface area contributed by atoms with Crippen LogP contribution in [0.1, 0.15) is 85.5 Å². The Morgan fingerprint density at radius 3 is 2.62 bits per heavy atom. The topological polar surface area (TPSA) is 78.9 Å². The molecule has 6 heteroatoms. The SMILES string of the molecule is CCOC(=O)OC1CCC2(C)C3=CC(=O)C4(C)C(C(C)CCC(=O)OC)CCC4C3CCC2C1. The van der Waals surface area contributed by atoms with Gasteiger partial charge in [0.25, 0.3) is 0 Å². The van der Waals surface area contributed by atoms with Crippen LogP contribution in [0.4, 0.5) is 4.79 Å². The van der Waals surface area contributed by atoms with E-state index in [-0.39, 0.29) is 22.9 Å². The Balaban J connectivity index is 1.51. The van der Waals surface area contributed by atoms with Gasteiger partial charge in [-0.1, -0.05) is 26.3 Å². The lowest BCUT2D eigenvalue weighted by atomic mass is 9.48. The monoisotopic (exact) mass is 474 g/mol. The minimum Gasteiger partial charge on any atom is -0.469 e. The van der Waals surface area contributed by atoms with E-state index in [2.05, 4.69) is 20.8 Å². The molecule has 0 saturated heterocycles. The number of allylic oxidation sites excluding steroid dienone is 2. The summed E-state index contributed by atoms with van der Waals surface area (Å²) in [6, 6.07) is 0. The van der Waals surface area contributed by atoms with Gasteiger partial charge < -0.3 is 14.2 Å². The molecule has 6 nitrogen and oxygen atoms in total. The summed E-state index contributed by atoms with van der Waals surface area (Å²) in [4.78, 5) is 37.3. The van der Waals surface area contributed by atoms with Gasteiger partial charge in [0.1, 0.15) is 6.10 Å². The molecule has 4 aliphatic rings. The van der Waals surface area contributed by atoms with E-state index < -0.39 is 6.16 Å². The van der Waals surface area contributed by atoms with Gasteiger partial charge in [-0.05, 0) is 99.4 Å². The van der Waals surface area contributed by atoms with Crippen LogP contribution in [0.5, 0.6) is 0 Å². The number of carbonyl (C=O) groups is 3. The molecule has 0 aromatic rings. The van der Waals surface area contributed by atoms with Crippen LogP contribution in [0, 0.1) is 40.4 Å². The fourth-order valence-corrected chi connectivity index (χ4v) is 8.26. The maximum absolute atomic E-state index is 13.8. The highest BCUT2D eigenvalue weighted by molar-refractivity contribution is 5.97. The second kappa shape index (κ2) is 9.66. The normalized spacial score (nSPS) is 39.7. The van der Waals surface area contributed by atoms with E-state index in [9.17, 15) is 14.4 Å². The van der Waals surface area contributed by atoms with Crippen molar-refractivity contribution in [3.05, 3.63) is 11.6 Å². The molecule has 34 heavy (non-hydrogen) atoms. The second-order valence-corrected chi connectivity index (χ2v) is 11.6. The molecule has 0 aliphatic heterocycles. The molecule has 190 valence electrons. The van der Waals surface area contributed by atoms with Crippen molar-refractivity contribution >= 4 is 17.9 Å². The number of fused-ring (bicyclic) bond motifs is 5. The molecular weight excluding hydrogens is 432 g/mol. The maximum atomic E-state index is 13.8. The summed E-state index contributed by atoms with van der Waals surface area (Å²) >= 11 is 0. The Hall–Kier alpha value is -1.85. The Morgan fingerprint density at radius 2 is 1.91 bits per heavy atom. The van der Waals surface area contributed by atoms with Crippen LogP contribution in [0.15, 0.2) is 11.6 Å². The summed E-state index contributed by atoms with van der Waals surface area (Å²) in [5.41, 5.74) is 1.04. The first-order valence-corrected chi connectivity index (χ1v) is 13.3. The fraction of sp³-hybridized carbons (Fsp3) is 0.821. The number of ketones is 1. The lowest BCUT2D eigenvalue weighted by Gasteiger charge is -2.56. The van der Waals surface area contributed by atoms with Crippen molar-refractivity contribution in [3.63, 3.8) is 0 Å². The van der Waals surface area contributed by atoms with E-state index >= 15 is 0 Å². The van der Waals surface area contributed by atoms with Crippen LogP contribution < -0.4 is 0 Å². The molecule has 0 amide bonds. The molecule has 8 atom stereocenters. The van der Waals surface area contributed by atoms with Gasteiger partial charge >= 0.3 is 12.1 Å². The third kappa shape index (κ3) is 4.19. The van der Waals surface area contributed by atoms with Crippen molar-refractivity contribution < 1.29 is 28.6 Å². The molecule has 8 unspecified atom stereocenters. The maximum Gasteiger partial charge on any atom is 0.508 e. The Kier molecular flexibility index (Phi) is 7.17. The minimum absolute atomic E-state index is 0.00299. The van der Waals surface area contributed by atoms with E-state index in [1.165, 1.54) is 12.7 Å². The van der Waals surface area contributed by atoms with Crippen LogP contribution in [0.25, 0.3) is 0 Å². The van der Waals surface area contributed by atoms with Crippen LogP contribution in [-0.2, 0) is 23.8 Å². The number of hydrogen-bond donors (Lipinski definition) is 0. The third-order valence-electron chi connectivity index (χ3n) is 10.2. The number of hydrogen-bond acceptors (Lipinski definition) is 6. The van der Waals surface area contributed by atoms with Gasteiger partial charge in [0.05, 0.1) is 13.7 Å². The van der Waals surface area contributed by atoms with Crippen molar-refractivity contribution in [1.82, 2.24) is 0 Å². The summed E-state index contributed by atoms with van der Waals surface area (Å²) in [6.07, 6.45) is 9.55. The minimum atomic E-state index is -0.564. The largest absolute Gasteiger partial charge is 0.508 e. The zero-order valence-electron chi connectivity index (χ0n) is 21.6. The second-order valence-electron chi connectivity index (χ2n) is 11.6. The summed E-state index contributed by atoms with van der Waals surface area (Å²) in [5.74, 6) is 2.03. The van der Waals surface area contributed by atoms with Crippen LogP contribution in [0.2, 0.25) is 0 Å². The highest BCUT2D eigenvalue weighted by Gasteiger charge is 2.61. The predicted molar refractivity (Wildman–Crippen MR) is 128 cm³/mol. The van der Waals surface area contributed by atoms with Crippen LogP contribution >= 0.6 is 0 Å². The summed E-state index contributed by atoms with van der Waals surface area (Å²) < 4.78 is 15.4. The van der Waals surface area contributed by atoms with E-state index in [0.717, 1.165) is 51.4 Å². The standard InChI is InChI=1S/C28H42O6/c1-6-33-26(31)34-19-13-14-27(3)18(15-19)8-9-20-22-11-10-21(17(2)7-12-25(30)32-5)28(22,4)24(29)16-23(20)27/h16-22H,6-15H2,1-5H3. The van der Waals surface area contributed by atoms with Crippen LogP contribution in [0.3, 0.4) is 0 Å². The highest BCUT2D eigenvalue weighted by atomic mass is 16.7. The molecule has 0 aromatic heterocycles. The zero-order valence-corrected chi connectivity index (χ0v) is 21.6. The van der Waals surface area contributed by atoms with Gasteiger partial charge in [-0.15, -0.1) is 0 Å². The van der Waals surface area contributed by atoms with Gasteiger partial charge in [-0.25, -0.2) is 4.79 Å². The smallest absolute Gasteiger partial charge is 0.469 e. The number of esters is 1. The van der Waals surface area contributed by atoms with Crippen LogP contribution in [-0.4, -0.2) is 37.7 Å². The average Bonchev–Trinajstić information content (AvgIpc) is 3.17. The first kappa shape index (κ1) is 25.2. The van der Waals surface area contributed by atoms with Crippen molar-refractivity contribution in [2.45, 2.75) is 91.6 Å². The van der Waals surface area contributed by atoms with E-state index in [1.807, 2.05) is 6.08 Å². The quantitative estimate of drug-likeness (QED) is 0.448. The number of ether oxygens (including phenoxy) is 3. The molecule has 0 bridgehead atoms. The molecule has 0 N–H and O–H groups in total.